The van der Waals surface area contributed by atoms with Crippen molar-refractivity contribution in [3.8, 4) is 17.0 Å². The van der Waals surface area contributed by atoms with Crippen LogP contribution in [0.4, 0.5) is 0 Å². The number of H-pyrrole nitrogens is 1. The van der Waals surface area contributed by atoms with Crippen LogP contribution in [0.1, 0.15) is 25.8 Å². The van der Waals surface area contributed by atoms with Gasteiger partial charge in [0, 0.05) is 24.2 Å². The number of methoxy groups -OCH3 is 1. The summed E-state index contributed by atoms with van der Waals surface area (Å²) in [4.78, 5) is 11.3. The van der Waals surface area contributed by atoms with E-state index in [-0.39, 0.29) is 5.92 Å². The topological polar surface area (TPSA) is 87.2 Å². The Balaban J connectivity index is 1.98. The van der Waals surface area contributed by atoms with Gasteiger partial charge in [0.15, 0.2) is 0 Å². The first kappa shape index (κ1) is 18.0. The second-order valence-corrected chi connectivity index (χ2v) is 6.29. The molecule has 0 amide bonds. The van der Waals surface area contributed by atoms with Crippen molar-refractivity contribution < 1.29 is 14.6 Å². The van der Waals surface area contributed by atoms with E-state index in [0.717, 1.165) is 22.6 Å². The number of aromatic amines is 1. The van der Waals surface area contributed by atoms with E-state index in [0.29, 0.717) is 25.4 Å². The van der Waals surface area contributed by atoms with Crippen LogP contribution in [-0.2, 0) is 11.3 Å². The Morgan fingerprint density at radius 1 is 1.33 bits per heavy atom. The number of hydrogen-bond donors (Lipinski definition) is 3. The molecule has 2 rings (SSSR count). The van der Waals surface area contributed by atoms with Crippen LogP contribution in [0.25, 0.3) is 11.3 Å². The fraction of sp³-hybridized carbons (Fsp3) is 0.444. The number of aliphatic carboxylic acids is 1. The molecule has 0 saturated heterocycles. The van der Waals surface area contributed by atoms with Crippen molar-refractivity contribution in [1.82, 2.24) is 15.5 Å². The number of hydrogen-bond acceptors (Lipinski definition) is 4. The number of carbonyl (C=O) groups is 1. The maximum absolute atomic E-state index is 11.3. The van der Waals surface area contributed by atoms with Crippen molar-refractivity contribution >= 4 is 5.97 Å². The van der Waals surface area contributed by atoms with Gasteiger partial charge in [-0.3, -0.25) is 9.89 Å². The van der Waals surface area contributed by atoms with Gasteiger partial charge in [0.25, 0.3) is 0 Å². The lowest BCUT2D eigenvalue weighted by molar-refractivity contribution is -0.142. The van der Waals surface area contributed by atoms with Crippen LogP contribution in [0.3, 0.4) is 0 Å². The van der Waals surface area contributed by atoms with Gasteiger partial charge in [0.05, 0.1) is 24.9 Å². The van der Waals surface area contributed by atoms with Crippen molar-refractivity contribution in [3.05, 3.63) is 36.0 Å². The Kier molecular flexibility index (Phi) is 6.37. The quantitative estimate of drug-likeness (QED) is 0.657. The maximum atomic E-state index is 11.3. The van der Waals surface area contributed by atoms with Crippen molar-refractivity contribution in [3.63, 3.8) is 0 Å². The Morgan fingerprint density at radius 3 is 2.62 bits per heavy atom. The van der Waals surface area contributed by atoms with Gasteiger partial charge in [-0.2, -0.15) is 5.10 Å². The van der Waals surface area contributed by atoms with Crippen LogP contribution >= 0.6 is 0 Å². The van der Waals surface area contributed by atoms with E-state index >= 15 is 0 Å². The molecule has 0 saturated carbocycles. The molecule has 1 atom stereocenters. The van der Waals surface area contributed by atoms with Crippen molar-refractivity contribution in [2.45, 2.75) is 26.8 Å². The number of carboxylic acid groups (broad SMARTS) is 1. The van der Waals surface area contributed by atoms with Crippen molar-refractivity contribution in [2.24, 2.45) is 11.8 Å². The zero-order valence-corrected chi connectivity index (χ0v) is 14.4. The summed E-state index contributed by atoms with van der Waals surface area (Å²) in [6.45, 7) is 5.09. The molecule has 0 spiro atoms. The molecule has 24 heavy (non-hydrogen) atoms. The fourth-order valence-corrected chi connectivity index (χ4v) is 2.67. The number of ether oxygens (including phenoxy) is 1. The minimum Gasteiger partial charge on any atom is -0.497 e. The third kappa shape index (κ3) is 4.83. The molecule has 0 radical (unpaired) electrons. The average molecular weight is 331 g/mol. The van der Waals surface area contributed by atoms with E-state index in [4.69, 9.17) is 4.74 Å². The molecule has 6 heteroatoms. The molecule has 3 N–H and O–H groups in total. The Labute approximate surface area is 142 Å². The van der Waals surface area contributed by atoms with Crippen molar-refractivity contribution in [1.29, 1.82) is 0 Å². The predicted octanol–water partition coefficient (Wildman–Crippen LogP) is 2.92. The third-order valence-corrected chi connectivity index (χ3v) is 3.91. The standard InChI is InChI=1S/C18H25N3O3/c1-12(2)8-14(18(22)23)9-19-10-15-11-20-21-17(15)13-4-6-16(24-3)7-5-13/h4-7,11-12,14,19H,8-10H2,1-3H3,(H,20,21)(H,22,23). The number of carboxylic acids is 1. The summed E-state index contributed by atoms with van der Waals surface area (Å²) in [5.41, 5.74) is 2.96. The number of benzene rings is 1. The van der Waals surface area contributed by atoms with Gasteiger partial charge >= 0.3 is 5.97 Å². The molecule has 6 nitrogen and oxygen atoms in total. The maximum Gasteiger partial charge on any atom is 0.307 e. The molecule has 0 aliphatic rings. The first-order valence-corrected chi connectivity index (χ1v) is 8.11. The van der Waals surface area contributed by atoms with Gasteiger partial charge in [-0.25, -0.2) is 0 Å². The molecule has 130 valence electrons. The second kappa shape index (κ2) is 8.49. The molecule has 0 aliphatic heterocycles. The SMILES string of the molecule is COc1ccc(-c2[nH]ncc2CNCC(CC(C)C)C(=O)O)cc1. The third-order valence-electron chi connectivity index (χ3n) is 3.91. The summed E-state index contributed by atoms with van der Waals surface area (Å²) in [6, 6.07) is 7.73. The summed E-state index contributed by atoms with van der Waals surface area (Å²) >= 11 is 0. The molecule has 2 aromatic rings. The van der Waals surface area contributed by atoms with E-state index < -0.39 is 5.97 Å². The van der Waals surface area contributed by atoms with Crippen LogP contribution in [0.15, 0.2) is 30.5 Å². The largest absolute Gasteiger partial charge is 0.497 e. The lowest BCUT2D eigenvalue weighted by atomic mass is 9.97. The van der Waals surface area contributed by atoms with Crippen LogP contribution in [0.5, 0.6) is 5.75 Å². The van der Waals surface area contributed by atoms with E-state index in [1.54, 1.807) is 13.3 Å². The number of nitrogens with one attached hydrogen (secondary N) is 2. The highest BCUT2D eigenvalue weighted by Gasteiger charge is 2.18. The minimum absolute atomic E-state index is 0.358. The van der Waals surface area contributed by atoms with Gasteiger partial charge < -0.3 is 15.2 Å². The number of nitrogens with zero attached hydrogens (tertiary/aromatic N) is 1. The second-order valence-electron chi connectivity index (χ2n) is 6.29. The van der Waals surface area contributed by atoms with Crippen LogP contribution in [0, 0.1) is 11.8 Å². The first-order valence-electron chi connectivity index (χ1n) is 8.11. The number of aromatic nitrogens is 2. The summed E-state index contributed by atoms with van der Waals surface area (Å²) < 4.78 is 5.17. The Morgan fingerprint density at radius 2 is 2.04 bits per heavy atom. The van der Waals surface area contributed by atoms with Crippen LogP contribution in [0.2, 0.25) is 0 Å². The lowest BCUT2D eigenvalue weighted by Gasteiger charge is -2.15. The molecule has 0 fully saturated rings. The zero-order valence-electron chi connectivity index (χ0n) is 14.4. The van der Waals surface area contributed by atoms with Crippen LogP contribution < -0.4 is 10.1 Å². The van der Waals surface area contributed by atoms with Crippen molar-refractivity contribution in [2.75, 3.05) is 13.7 Å². The van der Waals surface area contributed by atoms with Crippen LogP contribution in [-0.4, -0.2) is 34.9 Å². The molecule has 1 unspecified atom stereocenters. The highest BCUT2D eigenvalue weighted by atomic mass is 16.5. The molecule has 1 heterocycles. The van der Waals surface area contributed by atoms with Gasteiger partial charge in [-0.1, -0.05) is 13.8 Å². The average Bonchev–Trinajstić information content (AvgIpc) is 3.02. The van der Waals surface area contributed by atoms with Gasteiger partial charge in [0.2, 0.25) is 0 Å². The normalized spacial score (nSPS) is 12.3. The highest BCUT2D eigenvalue weighted by molar-refractivity contribution is 5.70. The zero-order chi connectivity index (χ0) is 17.5. The summed E-state index contributed by atoms with van der Waals surface area (Å²) in [6.07, 6.45) is 2.43. The van der Waals surface area contributed by atoms with E-state index in [9.17, 15) is 9.90 Å². The Hall–Kier alpha value is -2.34. The van der Waals surface area contributed by atoms with Gasteiger partial charge in [-0.15, -0.1) is 0 Å². The van der Waals surface area contributed by atoms with E-state index in [2.05, 4.69) is 15.5 Å². The minimum atomic E-state index is -0.751. The first-order chi connectivity index (χ1) is 11.5. The monoisotopic (exact) mass is 331 g/mol. The molecule has 1 aromatic heterocycles. The molecule has 1 aromatic carbocycles. The summed E-state index contributed by atoms with van der Waals surface area (Å²) in [5, 5.41) is 19.6. The van der Waals surface area contributed by atoms with Gasteiger partial charge in [-0.05, 0) is 36.6 Å². The van der Waals surface area contributed by atoms with E-state index in [1.807, 2.05) is 38.1 Å². The van der Waals surface area contributed by atoms with Gasteiger partial charge in [0.1, 0.15) is 5.75 Å². The summed E-state index contributed by atoms with van der Waals surface area (Å²) in [5.74, 6) is 0.0349. The highest BCUT2D eigenvalue weighted by Crippen LogP contribution is 2.23. The smallest absolute Gasteiger partial charge is 0.307 e. The molecule has 0 bridgehead atoms. The molecular weight excluding hydrogens is 306 g/mol. The lowest BCUT2D eigenvalue weighted by Crippen LogP contribution is -2.29. The number of rotatable bonds is 9. The molecular formula is C18H25N3O3. The Bertz CT molecular complexity index is 650. The molecule has 0 aliphatic carbocycles. The predicted molar refractivity (Wildman–Crippen MR) is 92.9 cm³/mol. The fourth-order valence-electron chi connectivity index (χ4n) is 2.67. The van der Waals surface area contributed by atoms with E-state index in [1.165, 1.54) is 0 Å². The summed E-state index contributed by atoms with van der Waals surface area (Å²) in [7, 11) is 1.64.